The van der Waals surface area contributed by atoms with Crippen molar-refractivity contribution in [3.05, 3.63) is 29.8 Å². The fourth-order valence-corrected chi connectivity index (χ4v) is 2.44. The lowest BCUT2D eigenvalue weighted by Crippen LogP contribution is -2.40. The van der Waals surface area contributed by atoms with Crippen molar-refractivity contribution in [1.82, 2.24) is 5.32 Å². The average molecular weight is 263 g/mol. The van der Waals surface area contributed by atoms with E-state index in [4.69, 9.17) is 9.84 Å². The highest BCUT2D eigenvalue weighted by Gasteiger charge is 2.33. The Labute approximate surface area is 111 Å². The van der Waals surface area contributed by atoms with E-state index in [1.807, 2.05) is 0 Å². The van der Waals surface area contributed by atoms with Crippen molar-refractivity contribution in [2.75, 3.05) is 7.11 Å². The molecule has 0 saturated heterocycles. The van der Waals surface area contributed by atoms with E-state index in [9.17, 15) is 9.59 Å². The van der Waals surface area contributed by atoms with Crippen molar-refractivity contribution in [2.45, 2.75) is 25.3 Å². The first-order valence-electron chi connectivity index (χ1n) is 6.29. The van der Waals surface area contributed by atoms with E-state index < -0.39 is 11.9 Å². The van der Waals surface area contributed by atoms with Gasteiger partial charge in [0.05, 0.1) is 13.0 Å². The second-order valence-electron chi connectivity index (χ2n) is 4.69. The van der Waals surface area contributed by atoms with Gasteiger partial charge >= 0.3 is 5.97 Å². The molecule has 0 aliphatic heterocycles. The molecule has 1 aromatic carbocycles. The topological polar surface area (TPSA) is 75.6 Å². The number of carbonyl (C=O) groups is 2. The van der Waals surface area contributed by atoms with Crippen molar-refractivity contribution in [3.63, 3.8) is 0 Å². The third-order valence-corrected chi connectivity index (χ3v) is 3.48. The summed E-state index contributed by atoms with van der Waals surface area (Å²) in [6, 6.07) is 6.53. The van der Waals surface area contributed by atoms with Crippen molar-refractivity contribution in [2.24, 2.45) is 5.92 Å². The molecule has 19 heavy (non-hydrogen) atoms. The predicted octanol–water partition coefficient (Wildman–Crippen LogP) is 1.68. The van der Waals surface area contributed by atoms with Gasteiger partial charge in [0.2, 0.25) is 0 Å². The van der Waals surface area contributed by atoms with Gasteiger partial charge in [-0.2, -0.15) is 0 Å². The number of carboxylic acids is 1. The summed E-state index contributed by atoms with van der Waals surface area (Å²) >= 11 is 0. The smallest absolute Gasteiger partial charge is 0.308 e. The predicted molar refractivity (Wildman–Crippen MR) is 69.2 cm³/mol. The van der Waals surface area contributed by atoms with E-state index in [0.717, 1.165) is 6.42 Å². The summed E-state index contributed by atoms with van der Waals surface area (Å²) in [5.74, 6) is -0.964. The van der Waals surface area contributed by atoms with Crippen LogP contribution in [0.1, 0.15) is 29.6 Å². The highest BCUT2D eigenvalue weighted by atomic mass is 16.5. The highest BCUT2D eigenvalue weighted by molar-refractivity contribution is 5.95. The van der Waals surface area contributed by atoms with Crippen LogP contribution < -0.4 is 10.1 Å². The molecule has 2 atom stereocenters. The lowest BCUT2D eigenvalue weighted by molar-refractivity contribution is -0.142. The first-order valence-corrected chi connectivity index (χ1v) is 6.29. The maximum absolute atomic E-state index is 12.1. The van der Waals surface area contributed by atoms with Gasteiger partial charge in [-0.05, 0) is 31.0 Å². The van der Waals surface area contributed by atoms with Crippen LogP contribution in [0, 0.1) is 5.92 Å². The number of amides is 1. The molecule has 0 bridgehead atoms. The van der Waals surface area contributed by atoms with Crippen LogP contribution in [0.25, 0.3) is 0 Å². The molecule has 1 aliphatic carbocycles. The van der Waals surface area contributed by atoms with Gasteiger partial charge in [-0.3, -0.25) is 9.59 Å². The van der Waals surface area contributed by atoms with E-state index in [1.165, 1.54) is 7.11 Å². The molecule has 1 fully saturated rings. The Balaban J connectivity index is 2.06. The number of carbonyl (C=O) groups excluding carboxylic acids is 1. The zero-order chi connectivity index (χ0) is 13.8. The first-order chi connectivity index (χ1) is 9.11. The van der Waals surface area contributed by atoms with Crippen molar-refractivity contribution >= 4 is 11.9 Å². The Morgan fingerprint density at radius 1 is 1.37 bits per heavy atom. The number of nitrogens with one attached hydrogen (secondary N) is 1. The van der Waals surface area contributed by atoms with Gasteiger partial charge in [-0.25, -0.2) is 0 Å². The summed E-state index contributed by atoms with van der Waals surface area (Å²) in [7, 11) is 1.54. The average Bonchev–Trinajstić information content (AvgIpc) is 2.87. The van der Waals surface area contributed by atoms with Gasteiger partial charge in [0.25, 0.3) is 5.91 Å². The molecular weight excluding hydrogens is 246 g/mol. The maximum Gasteiger partial charge on any atom is 0.308 e. The van der Waals surface area contributed by atoms with Gasteiger partial charge in [0.1, 0.15) is 5.75 Å². The zero-order valence-electron chi connectivity index (χ0n) is 10.8. The van der Waals surface area contributed by atoms with Crippen LogP contribution in [0.2, 0.25) is 0 Å². The van der Waals surface area contributed by atoms with Gasteiger partial charge < -0.3 is 15.2 Å². The number of methoxy groups -OCH3 is 1. The SMILES string of the molecule is COc1cccc(C(=O)NC2CCCC2C(=O)O)c1. The van der Waals surface area contributed by atoms with Crippen LogP contribution in [-0.2, 0) is 4.79 Å². The molecule has 5 nitrogen and oxygen atoms in total. The Kier molecular flexibility index (Phi) is 4.04. The molecule has 102 valence electrons. The number of ether oxygens (including phenoxy) is 1. The lowest BCUT2D eigenvalue weighted by Gasteiger charge is -2.17. The summed E-state index contributed by atoms with van der Waals surface area (Å²) in [5.41, 5.74) is 0.482. The zero-order valence-corrected chi connectivity index (χ0v) is 10.8. The molecular formula is C14H17NO4. The second-order valence-corrected chi connectivity index (χ2v) is 4.69. The Bertz CT molecular complexity index is 486. The van der Waals surface area contributed by atoms with E-state index >= 15 is 0 Å². The molecule has 1 aromatic rings. The van der Waals surface area contributed by atoms with E-state index in [-0.39, 0.29) is 11.9 Å². The lowest BCUT2D eigenvalue weighted by atomic mass is 10.0. The summed E-state index contributed by atoms with van der Waals surface area (Å²) in [6.45, 7) is 0. The maximum atomic E-state index is 12.1. The summed E-state index contributed by atoms with van der Waals surface area (Å²) in [4.78, 5) is 23.1. The molecule has 2 rings (SSSR count). The molecule has 0 heterocycles. The number of benzene rings is 1. The normalized spacial score (nSPS) is 21.9. The minimum absolute atomic E-state index is 0.253. The highest BCUT2D eigenvalue weighted by Crippen LogP contribution is 2.26. The molecule has 0 radical (unpaired) electrons. The molecule has 1 amide bonds. The fourth-order valence-electron chi connectivity index (χ4n) is 2.44. The van der Waals surface area contributed by atoms with Gasteiger partial charge in [-0.1, -0.05) is 12.5 Å². The molecule has 2 N–H and O–H groups in total. The largest absolute Gasteiger partial charge is 0.497 e. The van der Waals surface area contributed by atoms with E-state index in [1.54, 1.807) is 24.3 Å². The van der Waals surface area contributed by atoms with Crippen LogP contribution in [0.4, 0.5) is 0 Å². The molecule has 1 saturated carbocycles. The molecule has 0 aromatic heterocycles. The first kappa shape index (κ1) is 13.4. The van der Waals surface area contributed by atoms with Crippen LogP contribution in [-0.4, -0.2) is 30.1 Å². The second kappa shape index (κ2) is 5.73. The molecule has 2 unspecified atom stereocenters. The van der Waals surface area contributed by atoms with Gasteiger partial charge in [0, 0.05) is 11.6 Å². The number of hydrogen-bond donors (Lipinski definition) is 2. The standard InChI is InChI=1S/C14H17NO4/c1-19-10-5-2-4-9(8-10)13(16)15-12-7-3-6-11(12)14(17)18/h2,4-5,8,11-12H,3,6-7H2,1H3,(H,15,16)(H,17,18). The molecule has 0 spiro atoms. The molecule has 5 heteroatoms. The fraction of sp³-hybridized carbons (Fsp3) is 0.429. The van der Waals surface area contributed by atoms with Crippen LogP contribution >= 0.6 is 0 Å². The van der Waals surface area contributed by atoms with Crippen molar-refractivity contribution in [3.8, 4) is 5.75 Å². The van der Waals surface area contributed by atoms with Crippen LogP contribution in [0.15, 0.2) is 24.3 Å². The third kappa shape index (κ3) is 3.05. The Morgan fingerprint density at radius 2 is 2.16 bits per heavy atom. The number of carboxylic acid groups (broad SMARTS) is 1. The quantitative estimate of drug-likeness (QED) is 0.866. The third-order valence-electron chi connectivity index (χ3n) is 3.48. The van der Waals surface area contributed by atoms with Gasteiger partial charge in [-0.15, -0.1) is 0 Å². The number of rotatable bonds is 4. The van der Waals surface area contributed by atoms with E-state index in [0.29, 0.717) is 24.2 Å². The number of aliphatic carboxylic acids is 1. The van der Waals surface area contributed by atoms with Gasteiger partial charge in [0.15, 0.2) is 0 Å². The minimum atomic E-state index is -0.839. The minimum Gasteiger partial charge on any atom is -0.497 e. The van der Waals surface area contributed by atoms with Crippen LogP contribution in [0.3, 0.4) is 0 Å². The Hall–Kier alpha value is -2.04. The van der Waals surface area contributed by atoms with Crippen molar-refractivity contribution in [1.29, 1.82) is 0 Å². The van der Waals surface area contributed by atoms with E-state index in [2.05, 4.69) is 5.32 Å². The molecule has 1 aliphatic rings. The monoisotopic (exact) mass is 263 g/mol. The Morgan fingerprint density at radius 3 is 2.84 bits per heavy atom. The van der Waals surface area contributed by atoms with Crippen molar-refractivity contribution < 1.29 is 19.4 Å². The summed E-state index contributed by atoms with van der Waals surface area (Å²) < 4.78 is 5.06. The number of hydrogen-bond acceptors (Lipinski definition) is 3. The van der Waals surface area contributed by atoms with Crippen LogP contribution in [0.5, 0.6) is 5.75 Å². The summed E-state index contributed by atoms with van der Waals surface area (Å²) in [6.07, 6.45) is 2.17. The summed E-state index contributed by atoms with van der Waals surface area (Å²) in [5, 5.41) is 11.9.